The fraction of sp³-hybridized carbons (Fsp3) is 0.533. The molecule has 0 bridgehead atoms. The van der Waals surface area contributed by atoms with Crippen molar-refractivity contribution in [2.45, 2.75) is 33.7 Å². The lowest BCUT2D eigenvalue weighted by molar-refractivity contribution is -0.143. The molecule has 0 saturated carbocycles. The van der Waals surface area contributed by atoms with Gasteiger partial charge in [-0.05, 0) is 43.0 Å². The van der Waals surface area contributed by atoms with E-state index in [1.54, 1.807) is 0 Å². The first-order chi connectivity index (χ1) is 8.45. The van der Waals surface area contributed by atoms with Crippen LogP contribution in [-0.4, -0.2) is 19.6 Å². The van der Waals surface area contributed by atoms with E-state index < -0.39 is 0 Å². The first kappa shape index (κ1) is 14.7. The molecule has 0 aliphatic heterocycles. The largest absolute Gasteiger partial charge is 0.468 e. The average molecular weight is 249 g/mol. The molecule has 0 radical (unpaired) electrons. The van der Waals surface area contributed by atoms with Gasteiger partial charge in [0.2, 0.25) is 0 Å². The molecular weight excluding hydrogens is 226 g/mol. The van der Waals surface area contributed by atoms with Gasteiger partial charge in [0.15, 0.2) is 0 Å². The number of methoxy groups -OCH3 is 1. The highest BCUT2D eigenvalue weighted by Gasteiger charge is 2.21. The molecule has 0 aliphatic rings. The summed E-state index contributed by atoms with van der Waals surface area (Å²) < 4.78 is 4.87. The molecule has 0 aromatic heterocycles. The number of hydrogen-bond donors (Lipinski definition) is 1. The number of benzene rings is 1. The van der Waals surface area contributed by atoms with Crippen molar-refractivity contribution in [2.24, 2.45) is 5.92 Å². The van der Waals surface area contributed by atoms with Crippen molar-refractivity contribution in [3.8, 4) is 0 Å². The molecule has 0 fully saturated rings. The number of hydrogen-bond acceptors (Lipinski definition) is 3. The number of esters is 1. The Labute approximate surface area is 110 Å². The minimum Gasteiger partial charge on any atom is -0.468 e. The standard InChI is InChI=1S/C15H23NO2/c1-10(2)9-16-14(15(17)18-5)13-7-6-11(3)12(4)8-13/h6-8,10,14,16H,9H2,1-5H3. The summed E-state index contributed by atoms with van der Waals surface area (Å²) in [5.74, 6) is 0.252. The van der Waals surface area contributed by atoms with Crippen molar-refractivity contribution in [3.63, 3.8) is 0 Å². The Morgan fingerprint density at radius 1 is 1.28 bits per heavy atom. The van der Waals surface area contributed by atoms with Gasteiger partial charge in [-0.1, -0.05) is 32.0 Å². The minimum absolute atomic E-state index is 0.237. The second kappa shape index (κ2) is 6.55. The Hall–Kier alpha value is -1.35. The second-order valence-corrected chi connectivity index (χ2v) is 5.10. The van der Waals surface area contributed by atoms with Gasteiger partial charge in [-0.2, -0.15) is 0 Å². The Morgan fingerprint density at radius 2 is 1.94 bits per heavy atom. The van der Waals surface area contributed by atoms with E-state index in [-0.39, 0.29) is 12.0 Å². The van der Waals surface area contributed by atoms with Crippen LogP contribution in [0.5, 0.6) is 0 Å². The molecule has 18 heavy (non-hydrogen) atoms. The maximum absolute atomic E-state index is 11.8. The molecule has 0 spiro atoms. The lowest BCUT2D eigenvalue weighted by Gasteiger charge is -2.19. The average Bonchev–Trinajstić information content (AvgIpc) is 2.33. The number of nitrogens with one attached hydrogen (secondary N) is 1. The van der Waals surface area contributed by atoms with Crippen LogP contribution in [0.15, 0.2) is 18.2 Å². The zero-order valence-electron chi connectivity index (χ0n) is 11.9. The van der Waals surface area contributed by atoms with E-state index in [0.29, 0.717) is 5.92 Å². The monoisotopic (exact) mass is 249 g/mol. The SMILES string of the molecule is COC(=O)C(NCC(C)C)c1ccc(C)c(C)c1. The molecule has 100 valence electrons. The lowest BCUT2D eigenvalue weighted by atomic mass is 10.0. The maximum atomic E-state index is 11.8. The summed E-state index contributed by atoms with van der Waals surface area (Å²) in [7, 11) is 1.42. The third-order valence-corrected chi connectivity index (χ3v) is 3.03. The van der Waals surface area contributed by atoms with Crippen molar-refractivity contribution in [2.75, 3.05) is 13.7 Å². The van der Waals surface area contributed by atoms with E-state index in [0.717, 1.165) is 12.1 Å². The van der Waals surface area contributed by atoms with Crippen molar-refractivity contribution in [1.29, 1.82) is 0 Å². The van der Waals surface area contributed by atoms with Crippen LogP contribution in [0.3, 0.4) is 0 Å². The summed E-state index contributed by atoms with van der Waals surface area (Å²) in [6.45, 7) is 9.12. The second-order valence-electron chi connectivity index (χ2n) is 5.10. The lowest BCUT2D eigenvalue weighted by Crippen LogP contribution is -2.32. The molecule has 1 N–H and O–H groups in total. The molecule has 3 heteroatoms. The van der Waals surface area contributed by atoms with Crippen molar-refractivity contribution in [3.05, 3.63) is 34.9 Å². The molecule has 3 nitrogen and oxygen atoms in total. The van der Waals surface area contributed by atoms with Gasteiger partial charge in [0.25, 0.3) is 0 Å². The zero-order chi connectivity index (χ0) is 13.7. The molecule has 0 heterocycles. The van der Waals surface area contributed by atoms with Gasteiger partial charge in [0.05, 0.1) is 7.11 Å². The molecule has 1 rings (SSSR count). The van der Waals surface area contributed by atoms with Crippen LogP contribution in [-0.2, 0) is 9.53 Å². The molecule has 1 aromatic carbocycles. The van der Waals surface area contributed by atoms with Gasteiger partial charge >= 0.3 is 5.97 Å². The van der Waals surface area contributed by atoms with Crippen molar-refractivity contribution < 1.29 is 9.53 Å². The van der Waals surface area contributed by atoms with Crippen LogP contribution in [0.2, 0.25) is 0 Å². The van der Waals surface area contributed by atoms with Gasteiger partial charge in [-0.25, -0.2) is 4.79 Å². The third kappa shape index (κ3) is 3.84. The van der Waals surface area contributed by atoms with Gasteiger partial charge in [-0.15, -0.1) is 0 Å². The predicted octanol–water partition coefficient (Wildman–Crippen LogP) is 2.76. The van der Waals surface area contributed by atoms with E-state index >= 15 is 0 Å². The number of carbonyl (C=O) groups excluding carboxylic acids is 1. The quantitative estimate of drug-likeness (QED) is 0.815. The van der Waals surface area contributed by atoms with E-state index in [9.17, 15) is 4.79 Å². The first-order valence-corrected chi connectivity index (χ1v) is 6.34. The molecule has 0 aliphatic carbocycles. The van der Waals surface area contributed by atoms with Gasteiger partial charge < -0.3 is 10.1 Å². The highest BCUT2D eigenvalue weighted by Crippen LogP contribution is 2.18. The predicted molar refractivity (Wildman–Crippen MR) is 73.5 cm³/mol. The zero-order valence-corrected chi connectivity index (χ0v) is 11.9. The van der Waals surface area contributed by atoms with Gasteiger partial charge in [0, 0.05) is 0 Å². The summed E-state index contributed by atoms with van der Waals surface area (Å²) in [5.41, 5.74) is 3.38. The van der Waals surface area contributed by atoms with Crippen LogP contribution in [0, 0.1) is 19.8 Å². The van der Waals surface area contributed by atoms with E-state index in [1.807, 2.05) is 18.2 Å². The molecule has 1 unspecified atom stereocenters. The first-order valence-electron chi connectivity index (χ1n) is 6.34. The Morgan fingerprint density at radius 3 is 2.44 bits per heavy atom. The van der Waals surface area contributed by atoms with Gasteiger partial charge in [0.1, 0.15) is 6.04 Å². The number of rotatable bonds is 5. The van der Waals surface area contributed by atoms with Crippen LogP contribution in [0.25, 0.3) is 0 Å². The fourth-order valence-corrected chi connectivity index (χ4v) is 1.75. The summed E-state index contributed by atoms with van der Waals surface area (Å²) >= 11 is 0. The highest BCUT2D eigenvalue weighted by molar-refractivity contribution is 5.77. The van der Waals surface area contributed by atoms with Crippen molar-refractivity contribution >= 4 is 5.97 Å². The summed E-state index contributed by atoms with van der Waals surface area (Å²) in [5, 5.41) is 3.26. The Kier molecular flexibility index (Phi) is 5.35. The third-order valence-electron chi connectivity index (χ3n) is 3.03. The van der Waals surface area contributed by atoms with Crippen molar-refractivity contribution in [1.82, 2.24) is 5.32 Å². The minimum atomic E-state index is -0.378. The van der Waals surface area contributed by atoms with Crippen LogP contribution >= 0.6 is 0 Å². The van der Waals surface area contributed by atoms with E-state index in [1.165, 1.54) is 18.2 Å². The van der Waals surface area contributed by atoms with Crippen LogP contribution in [0.4, 0.5) is 0 Å². The van der Waals surface area contributed by atoms with E-state index in [2.05, 4.69) is 33.0 Å². The highest BCUT2D eigenvalue weighted by atomic mass is 16.5. The fourth-order valence-electron chi connectivity index (χ4n) is 1.75. The van der Waals surface area contributed by atoms with Crippen LogP contribution < -0.4 is 5.32 Å². The molecular formula is C15H23NO2. The Balaban J connectivity index is 2.94. The van der Waals surface area contributed by atoms with E-state index in [4.69, 9.17) is 4.74 Å². The van der Waals surface area contributed by atoms with Gasteiger partial charge in [-0.3, -0.25) is 0 Å². The molecule has 0 amide bonds. The summed E-state index contributed by atoms with van der Waals surface area (Å²) in [6.07, 6.45) is 0. The normalized spacial score (nSPS) is 12.6. The molecule has 1 aromatic rings. The topological polar surface area (TPSA) is 38.3 Å². The molecule has 0 saturated heterocycles. The van der Waals surface area contributed by atoms with Crippen LogP contribution in [0.1, 0.15) is 36.6 Å². The smallest absolute Gasteiger partial charge is 0.327 e. The summed E-state index contributed by atoms with van der Waals surface area (Å²) in [4.78, 5) is 11.8. The number of carbonyl (C=O) groups is 1. The maximum Gasteiger partial charge on any atom is 0.327 e. The molecule has 1 atom stereocenters. The number of ether oxygens (including phenoxy) is 1. The Bertz CT molecular complexity index is 413. The summed E-state index contributed by atoms with van der Waals surface area (Å²) in [6, 6.07) is 5.69. The number of aryl methyl sites for hydroxylation is 2.